The van der Waals surface area contributed by atoms with Crippen molar-refractivity contribution in [3.63, 3.8) is 0 Å². The minimum Gasteiger partial charge on any atom is -0.271 e. The first-order valence-electron chi connectivity index (χ1n) is 5.76. The van der Waals surface area contributed by atoms with Gasteiger partial charge in [-0.1, -0.05) is 12.1 Å². The molecule has 94 valence electrons. The quantitative estimate of drug-likeness (QED) is 0.645. The molecule has 2 rings (SSSR count). The zero-order valence-electron chi connectivity index (χ0n) is 10.4. The zero-order valence-corrected chi connectivity index (χ0v) is 10.4. The van der Waals surface area contributed by atoms with Gasteiger partial charge in [-0.25, -0.2) is 9.82 Å². The second kappa shape index (κ2) is 5.25. The van der Waals surface area contributed by atoms with Crippen LogP contribution in [0.25, 0.3) is 0 Å². The number of halogens is 1. The Hall–Kier alpha value is -1.78. The SMILES string of the molecule is Cc1ccc(C(NN)c2ccc(F)cc2C)cn1. The molecule has 3 nitrogen and oxygen atoms in total. The number of hydrogen-bond acceptors (Lipinski definition) is 3. The molecule has 0 saturated carbocycles. The van der Waals surface area contributed by atoms with Crippen LogP contribution in [0, 0.1) is 19.7 Å². The third-order valence-electron chi connectivity index (χ3n) is 2.98. The maximum Gasteiger partial charge on any atom is 0.123 e. The molecule has 0 fully saturated rings. The minimum atomic E-state index is -0.242. The Kier molecular flexibility index (Phi) is 3.69. The molecule has 0 spiro atoms. The number of nitrogens with two attached hydrogens (primary N) is 1. The Balaban J connectivity index is 2.41. The number of benzene rings is 1. The second-order valence-electron chi connectivity index (χ2n) is 4.33. The average molecular weight is 245 g/mol. The van der Waals surface area contributed by atoms with E-state index in [1.807, 2.05) is 26.0 Å². The van der Waals surface area contributed by atoms with Crippen molar-refractivity contribution in [1.82, 2.24) is 10.4 Å². The number of hydrazine groups is 1. The molecule has 0 aliphatic rings. The molecule has 0 amide bonds. The lowest BCUT2D eigenvalue weighted by molar-refractivity contribution is 0.611. The van der Waals surface area contributed by atoms with Crippen LogP contribution >= 0.6 is 0 Å². The monoisotopic (exact) mass is 245 g/mol. The van der Waals surface area contributed by atoms with Crippen molar-refractivity contribution in [2.75, 3.05) is 0 Å². The summed E-state index contributed by atoms with van der Waals surface area (Å²) < 4.78 is 13.1. The number of aryl methyl sites for hydroxylation is 2. The number of nitrogens with one attached hydrogen (secondary N) is 1. The molecule has 1 aromatic heterocycles. The number of hydrogen-bond donors (Lipinski definition) is 2. The van der Waals surface area contributed by atoms with Crippen molar-refractivity contribution in [1.29, 1.82) is 0 Å². The van der Waals surface area contributed by atoms with E-state index in [1.54, 1.807) is 12.3 Å². The van der Waals surface area contributed by atoms with Crippen molar-refractivity contribution in [3.05, 3.63) is 64.7 Å². The van der Waals surface area contributed by atoms with Gasteiger partial charge in [0.2, 0.25) is 0 Å². The largest absolute Gasteiger partial charge is 0.271 e. The summed E-state index contributed by atoms with van der Waals surface area (Å²) in [5.41, 5.74) is 6.47. The van der Waals surface area contributed by atoms with Crippen LogP contribution in [0.5, 0.6) is 0 Å². The van der Waals surface area contributed by atoms with Gasteiger partial charge in [0.05, 0.1) is 6.04 Å². The van der Waals surface area contributed by atoms with Crippen LogP contribution in [0.4, 0.5) is 4.39 Å². The molecular formula is C14H16FN3. The fourth-order valence-electron chi connectivity index (χ4n) is 1.98. The predicted octanol–water partition coefficient (Wildman–Crippen LogP) is 2.39. The van der Waals surface area contributed by atoms with Crippen LogP contribution in [0.3, 0.4) is 0 Å². The second-order valence-corrected chi connectivity index (χ2v) is 4.33. The summed E-state index contributed by atoms with van der Waals surface area (Å²) in [7, 11) is 0. The van der Waals surface area contributed by atoms with Crippen molar-refractivity contribution in [2.24, 2.45) is 5.84 Å². The van der Waals surface area contributed by atoms with E-state index >= 15 is 0 Å². The van der Waals surface area contributed by atoms with E-state index in [1.165, 1.54) is 12.1 Å². The third kappa shape index (κ3) is 2.55. The Labute approximate surface area is 106 Å². The van der Waals surface area contributed by atoms with Crippen molar-refractivity contribution < 1.29 is 4.39 Å². The summed E-state index contributed by atoms with van der Waals surface area (Å²) >= 11 is 0. The van der Waals surface area contributed by atoms with E-state index < -0.39 is 0 Å². The van der Waals surface area contributed by atoms with Gasteiger partial charge in [-0.2, -0.15) is 0 Å². The molecule has 3 N–H and O–H groups in total. The molecule has 1 heterocycles. The highest BCUT2D eigenvalue weighted by Gasteiger charge is 2.15. The van der Waals surface area contributed by atoms with Crippen molar-refractivity contribution in [3.8, 4) is 0 Å². The molecule has 0 radical (unpaired) electrons. The van der Waals surface area contributed by atoms with E-state index in [0.29, 0.717) is 0 Å². The van der Waals surface area contributed by atoms with Crippen LogP contribution < -0.4 is 11.3 Å². The zero-order chi connectivity index (χ0) is 13.1. The standard InChI is InChI=1S/C14H16FN3/c1-9-7-12(15)5-6-13(9)14(18-16)11-4-3-10(2)17-8-11/h3-8,14,18H,16H2,1-2H3. The summed E-state index contributed by atoms with van der Waals surface area (Å²) in [6.07, 6.45) is 1.78. The summed E-state index contributed by atoms with van der Waals surface area (Å²) in [6, 6.07) is 8.40. The van der Waals surface area contributed by atoms with Gasteiger partial charge in [0.1, 0.15) is 5.82 Å². The molecule has 0 aliphatic heterocycles. The van der Waals surface area contributed by atoms with E-state index in [-0.39, 0.29) is 11.9 Å². The molecule has 0 aliphatic carbocycles. The van der Waals surface area contributed by atoms with Gasteiger partial charge in [-0.15, -0.1) is 0 Å². The van der Waals surface area contributed by atoms with Crippen LogP contribution in [0.15, 0.2) is 36.5 Å². The molecule has 1 atom stereocenters. The maximum atomic E-state index is 13.1. The first kappa shape index (κ1) is 12.7. The van der Waals surface area contributed by atoms with Crippen LogP contribution in [0.2, 0.25) is 0 Å². The van der Waals surface area contributed by atoms with Crippen molar-refractivity contribution in [2.45, 2.75) is 19.9 Å². The van der Waals surface area contributed by atoms with Crippen LogP contribution in [0.1, 0.15) is 28.4 Å². The fourth-order valence-corrected chi connectivity index (χ4v) is 1.98. The summed E-state index contributed by atoms with van der Waals surface area (Å²) in [5, 5.41) is 0. The van der Waals surface area contributed by atoms with E-state index in [0.717, 1.165) is 22.4 Å². The van der Waals surface area contributed by atoms with Gasteiger partial charge < -0.3 is 0 Å². The molecule has 2 aromatic rings. The van der Waals surface area contributed by atoms with Gasteiger partial charge in [-0.05, 0) is 48.7 Å². The molecule has 1 aromatic carbocycles. The van der Waals surface area contributed by atoms with E-state index in [9.17, 15) is 4.39 Å². The minimum absolute atomic E-state index is 0.182. The number of nitrogens with zero attached hydrogens (tertiary/aromatic N) is 1. The number of rotatable bonds is 3. The lowest BCUT2D eigenvalue weighted by atomic mass is 9.96. The van der Waals surface area contributed by atoms with Gasteiger partial charge in [0.25, 0.3) is 0 Å². The van der Waals surface area contributed by atoms with Gasteiger partial charge >= 0.3 is 0 Å². The summed E-state index contributed by atoms with van der Waals surface area (Å²) in [4.78, 5) is 4.25. The molecule has 18 heavy (non-hydrogen) atoms. The Morgan fingerprint density at radius 3 is 2.56 bits per heavy atom. The fraction of sp³-hybridized carbons (Fsp3) is 0.214. The Morgan fingerprint density at radius 1 is 1.22 bits per heavy atom. The van der Waals surface area contributed by atoms with Crippen molar-refractivity contribution >= 4 is 0 Å². The van der Waals surface area contributed by atoms with Crippen LogP contribution in [-0.4, -0.2) is 4.98 Å². The molecule has 0 saturated heterocycles. The number of pyridine rings is 1. The Morgan fingerprint density at radius 2 is 2.00 bits per heavy atom. The highest BCUT2D eigenvalue weighted by Crippen LogP contribution is 2.24. The summed E-state index contributed by atoms with van der Waals surface area (Å²) in [5.74, 6) is 5.37. The molecule has 1 unspecified atom stereocenters. The third-order valence-corrected chi connectivity index (χ3v) is 2.98. The van der Waals surface area contributed by atoms with Crippen LogP contribution in [-0.2, 0) is 0 Å². The number of aromatic nitrogens is 1. The lowest BCUT2D eigenvalue weighted by Gasteiger charge is -2.18. The normalized spacial score (nSPS) is 12.4. The molecular weight excluding hydrogens is 229 g/mol. The van der Waals surface area contributed by atoms with E-state index in [2.05, 4.69) is 10.4 Å². The average Bonchev–Trinajstić information content (AvgIpc) is 2.35. The van der Waals surface area contributed by atoms with Gasteiger partial charge in [0, 0.05) is 11.9 Å². The maximum absolute atomic E-state index is 13.1. The smallest absolute Gasteiger partial charge is 0.123 e. The molecule has 0 bridgehead atoms. The highest BCUT2D eigenvalue weighted by molar-refractivity contribution is 5.36. The highest BCUT2D eigenvalue weighted by atomic mass is 19.1. The van der Waals surface area contributed by atoms with E-state index in [4.69, 9.17) is 5.84 Å². The first-order chi connectivity index (χ1) is 8.61. The van der Waals surface area contributed by atoms with Gasteiger partial charge in [-0.3, -0.25) is 10.8 Å². The topological polar surface area (TPSA) is 50.9 Å². The Bertz CT molecular complexity index is 537. The van der Waals surface area contributed by atoms with Gasteiger partial charge in [0.15, 0.2) is 0 Å². The lowest BCUT2D eigenvalue weighted by Crippen LogP contribution is -2.29. The first-order valence-corrected chi connectivity index (χ1v) is 5.76. The predicted molar refractivity (Wildman–Crippen MR) is 69.3 cm³/mol. The molecule has 4 heteroatoms. The summed E-state index contributed by atoms with van der Waals surface area (Å²) in [6.45, 7) is 3.79.